The van der Waals surface area contributed by atoms with Crippen molar-refractivity contribution in [3.05, 3.63) is 24.2 Å². The predicted molar refractivity (Wildman–Crippen MR) is 82.5 cm³/mol. The van der Waals surface area contributed by atoms with E-state index in [2.05, 4.69) is 19.2 Å². The number of carbonyl (C=O) groups is 1. The fourth-order valence-corrected chi connectivity index (χ4v) is 2.54. The summed E-state index contributed by atoms with van der Waals surface area (Å²) >= 11 is 0. The van der Waals surface area contributed by atoms with Gasteiger partial charge in [-0.15, -0.1) is 0 Å². The highest BCUT2D eigenvalue weighted by Gasteiger charge is 2.30. The van der Waals surface area contributed by atoms with Crippen molar-refractivity contribution >= 4 is 6.03 Å². The van der Waals surface area contributed by atoms with Crippen LogP contribution in [0.5, 0.6) is 0 Å². The SMILES string of the molecule is CC(C)CCNC(=O)N1CCOCC1CC(O)c1ccco1. The van der Waals surface area contributed by atoms with Crippen LogP contribution in [0.25, 0.3) is 0 Å². The summed E-state index contributed by atoms with van der Waals surface area (Å²) in [5.74, 6) is 1.08. The second kappa shape index (κ2) is 8.19. The van der Waals surface area contributed by atoms with E-state index in [1.54, 1.807) is 17.0 Å². The van der Waals surface area contributed by atoms with Gasteiger partial charge >= 0.3 is 6.03 Å². The average Bonchev–Trinajstić information content (AvgIpc) is 3.01. The predicted octanol–water partition coefficient (Wildman–Crippen LogP) is 2.16. The second-order valence-corrected chi connectivity index (χ2v) is 6.10. The molecule has 0 aromatic carbocycles. The Hall–Kier alpha value is -1.53. The molecular formula is C16H26N2O4. The van der Waals surface area contributed by atoms with E-state index in [9.17, 15) is 9.90 Å². The van der Waals surface area contributed by atoms with Crippen molar-refractivity contribution in [2.75, 3.05) is 26.3 Å². The van der Waals surface area contributed by atoms with Gasteiger partial charge in [0.2, 0.25) is 0 Å². The van der Waals surface area contributed by atoms with Gasteiger partial charge < -0.3 is 24.5 Å². The number of nitrogens with zero attached hydrogens (tertiary/aromatic N) is 1. The first-order chi connectivity index (χ1) is 10.6. The lowest BCUT2D eigenvalue weighted by Crippen LogP contribution is -2.53. The van der Waals surface area contributed by atoms with E-state index in [1.807, 2.05) is 0 Å². The van der Waals surface area contributed by atoms with Crippen LogP contribution in [-0.2, 0) is 4.74 Å². The Bertz CT molecular complexity index is 447. The molecule has 2 heterocycles. The van der Waals surface area contributed by atoms with Crippen molar-refractivity contribution in [3.63, 3.8) is 0 Å². The highest BCUT2D eigenvalue weighted by Crippen LogP contribution is 2.23. The van der Waals surface area contributed by atoms with Crippen molar-refractivity contribution in [1.29, 1.82) is 0 Å². The third kappa shape index (κ3) is 4.74. The molecule has 2 atom stereocenters. The minimum Gasteiger partial charge on any atom is -0.467 e. The summed E-state index contributed by atoms with van der Waals surface area (Å²) in [7, 11) is 0. The summed E-state index contributed by atoms with van der Waals surface area (Å²) < 4.78 is 10.7. The molecule has 2 amide bonds. The molecule has 124 valence electrons. The molecule has 0 radical (unpaired) electrons. The number of hydrogen-bond donors (Lipinski definition) is 2. The highest BCUT2D eigenvalue weighted by molar-refractivity contribution is 5.74. The van der Waals surface area contributed by atoms with E-state index in [0.29, 0.717) is 44.4 Å². The van der Waals surface area contributed by atoms with Crippen LogP contribution in [0.15, 0.2) is 22.8 Å². The molecule has 1 saturated heterocycles. The number of urea groups is 1. The maximum atomic E-state index is 12.3. The maximum Gasteiger partial charge on any atom is 0.317 e. The average molecular weight is 310 g/mol. The number of hydrogen-bond acceptors (Lipinski definition) is 4. The van der Waals surface area contributed by atoms with E-state index in [4.69, 9.17) is 9.15 Å². The largest absolute Gasteiger partial charge is 0.467 e. The minimum absolute atomic E-state index is 0.0828. The first-order valence-corrected chi connectivity index (χ1v) is 7.91. The summed E-state index contributed by atoms with van der Waals surface area (Å²) in [5.41, 5.74) is 0. The van der Waals surface area contributed by atoms with Gasteiger partial charge in [0, 0.05) is 19.5 Å². The number of amides is 2. The Morgan fingerprint density at radius 3 is 3.05 bits per heavy atom. The topological polar surface area (TPSA) is 74.9 Å². The van der Waals surface area contributed by atoms with Gasteiger partial charge in [-0.25, -0.2) is 4.79 Å². The fourth-order valence-electron chi connectivity index (χ4n) is 2.54. The molecule has 0 spiro atoms. The highest BCUT2D eigenvalue weighted by atomic mass is 16.5. The van der Waals surface area contributed by atoms with Gasteiger partial charge in [-0.05, 0) is 24.5 Å². The summed E-state index contributed by atoms with van der Waals surface area (Å²) in [6, 6.07) is 3.25. The first-order valence-electron chi connectivity index (χ1n) is 7.91. The normalized spacial score (nSPS) is 20.2. The zero-order valence-corrected chi connectivity index (χ0v) is 13.3. The summed E-state index contributed by atoms with van der Waals surface area (Å²) in [6.07, 6.45) is 2.17. The summed E-state index contributed by atoms with van der Waals surface area (Å²) in [4.78, 5) is 14.1. The molecule has 1 aromatic rings. The minimum atomic E-state index is -0.729. The zero-order valence-electron chi connectivity index (χ0n) is 13.3. The number of carbonyl (C=O) groups excluding carboxylic acids is 1. The molecule has 1 aromatic heterocycles. The van der Waals surface area contributed by atoms with E-state index in [0.717, 1.165) is 6.42 Å². The standard InChI is InChI=1S/C16H26N2O4/c1-12(2)5-6-17-16(20)18-7-9-21-11-13(18)10-14(19)15-4-3-8-22-15/h3-4,8,12-14,19H,5-7,9-11H2,1-2H3,(H,17,20). The second-order valence-electron chi connectivity index (χ2n) is 6.10. The van der Waals surface area contributed by atoms with E-state index < -0.39 is 6.10 Å². The number of nitrogens with one attached hydrogen (secondary N) is 1. The molecule has 0 saturated carbocycles. The number of morpholine rings is 1. The van der Waals surface area contributed by atoms with Crippen LogP contribution >= 0.6 is 0 Å². The summed E-state index contributed by atoms with van der Waals surface area (Å²) in [6.45, 7) is 6.44. The van der Waals surface area contributed by atoms with Gasteiger partial charge in [0.15, 0.2) is 0 Å². The van der Waals surface area contributed by atoms with Crippen LogP contribution < -0.4 is 5.32 Å². The van der Waals surface area contributed by atoms with Crippen LogP contribution in [0.2, 0.25) is 0 Å². The Labute approximate surface area is 131 Å². The van der Waals surface area contributed by atoms with Gasteiger partial charge in [-0.3, -0.25) is 0 Å². The van der Waals surface area contributed by atoms with Crippen LogP contribution in [0, 0.1) is 5.92 Å². The van der Waals surface area contributed by atoms with Crippen molar-refractivity contribution in [2.24, 2.45) is 5.92 Å². The summed E-state index contributed by atoms with van der Waals surface area (Å²) in [5, 5.41) is 13.2. The van der Waals surface area contributed by atoms with Crippen LogP contribution in [0.3, 0.4) is 0 Å². The molecule has 2 unspecified atom stereocenters. The third-order valence-electron chi connectivity index (χ3n) is 3.85. The van der Waals surface area contributed by atoms with Crippen LogP contribution in [-0.4, -0.2) is 48.4 Å². The lowest BCUT2D eigenvalue weighted by atomic mass is 10.1. The lowest BCUT2D eigenvalue weighted by Gasteiger charge is -2.36. The molecule has 1 aliphatic heterocycles. The molecule has 22 heavy (non-hydrogen) atoms. The number of ether oxygens (including phenoxy) is 1. The first kappa shape index (κ1) is 16.8. The van der Waals surface area contributed by atoms with E-state index in [-0.39, 0.29) is 12.1 Å². The molecule has 2 rings (SSSR count). The number of aliphatic hydroxyl groups is 1. The van der Waals surface area contributed by atoms with Gasteiger partial charge in [-0.2, -0.15) is 0 Å². The smallest absolute Gasteiger partial charge is 0.317 e. The Balaban J connectivity index is 1.88. The third-order valence-corrected chi connectivity index (χ3v) is 3.85. The van der Waals surface area contributed by atoms with Gasteiger partial charge in [0.05, 0.1) is 25.5 Å². The van der Waals surface area contributed by atoms with Crippen molar-refractivity contribution in [1.82, 2.24) is 10.2 Å². The molecule has 2 N–H and O–H groups in total. The van der Waals surface area contributed by atoms with E-state index in [1.165, 1.54) is 6.26 Å². The molecule has 6 nitrogen and oxygen atoms in total. The van der Waals surface area contributed by atoms with Gasteiger partial charge in [0.1, 0.15) is 11.9 Å². The zero-order chi connectivity index (χ0) is 15.9. The van der Waals surface area contributed by atoms with Crippen molar-refractivity contribution < 1.29 is 19.1 Å². The Kier molecular flexibility index (Phi) is 6.27. The molecule has 1 fully saturated rings. The molecular weight excluding hydrogens is 284 g/mol. The van der Waals surface area contributed by atoms with E-state index >= 15 is 0 Å². The van der Waals surface area contributed by atoms with Gasteiger partial charge in [-0.1, -0.05) is 13.8 Å². The quantitative estimate of drug-likeness (QED) is 0.844. The molecule has 1 aliphatic rings. The molecule has 6 heteroatoms. The van der Waals surface area contributed by atoms with Crippen molar-refractivity contribution in [3.8, 4) is 0 Å². The monoisotopic (exact) mass is 310 g/mol. The molecule has 0 aliphatic carbocycles. The van der Waals surface area contributed by atoms with Crippen molar-refractivity contribution in [2.45, 2.75) is 38.8 Å². The van der Waals surface area contributed by atoms with Crippen LogP contribution in [0.1, 0.15) is 38.6 Å². The lowest BCUT2D eigenvalue weighted by molar-refractivity contribution is -0.00968. The fraction of sp³-hybridized carbons (Fsp3) is 0.688. The van der Waals surface area contributed by atoms with Crippen LogP contribution in [0.4, 0.5) is 4.79 Å². The Morgan fingerprint density at radius 2 is 2.36 bits per heavy atom. The van der Waals surface area contributed by atoms with Gasteiger partial charge in [0.25, 0.3) is 0 Å². The number of furan rings is 1. The number of rotatable bonds is 6. The maximum absolute atomic E-state index is 12.3. The number of aliphatic hydroxyl groups excluding tert-OH is 1. The Morgan fingerprint density at radius 1 is 1.55 bits per heavy atom. The molecule has 0 bridgehead atoms.